The quantitative estimate of drug-likeness (QED) is 0.308. The molecule has 1 rings (SSSR count). The standard InChI is InChI=1S/C20H32O3/c1-5-9-10-11-12-15-22-20(21)23-19-14-13-16(6-2)17(7-3)18(19)8-4/h13-14H,5-12,15H2,1-4H3. The third kappa shape index (κ3) is 6.25. The number of hydrogen-bond donors (Lipinski definition) is 0. The summed E-state index contributed by atoms with van der Waals surface area (Å²) < 4.78 is 10.6. The molecule has 0 saturated heterocycles. The molecule has 0 bridgehead atoms. The maximum atomic E-state index is 11.9. The van der Waals surface area contributed by atoms with Gasteiger partial charge in [0.25, 0.3) is 0 Å². The summed E-state index contributed by atoms with van der Waals surface area (Å²) in [5.74, 6) is 0.650. The summed E-state index contributed by atoms with van der Waals surface area (Å²) in [5, 5.41) is 0. The molecule has 0 fully saturated rings. The fourth-order valence-corrected chi connectivity index (χ4v) is 2.96. The van der Waals surface area contributed by atoms with Crippen molar-refractivity contribution in [3.8, 4) is 5.75 Å². The normalized spacial score (nSPS) is 10.6. The van der Waals surface area contributed by atoms with Crippen LogP contribution < -0.4 is 4.74 Å². The van der Waals surface area contributed by atoms with Crippen LogP contribution in [0.4, 0.5) is 4.79 Å². The van der Waals surface area contributed by atoms with Crippen molar-refractivity contribution in [1.29, 1.82) is 0 Å². The summed E-state index contributed by atoms with van der Waals surface area (Å²) in [7, 11) is 0. The Hall–Kier alpha value is -1.51. The number of hydrogen-bond acceptors (Lipinski definition) is 3. The van der Waals surface area contributed by atoms with Crippen molar-refractivity contribution >= 4 is 6.16 Å². The Balaban J connectivity index is 2.57. The molecule has 3 heteroatoms. The number of carbonyl (C=O) groups excluding carboxylic acids is 1. The van der Waals surface area contributed by atoms with E-state index >= 15 is 0 Å². The largest absolute Gasteiger partial charge is 0.513 e. The molecular formula is C20H32O3. The minimum atomic E-state index is -0.582. The first-order chi connectivity index (χ1) is 11.2. The Kier molecular flexibility index (Phi) is 9.42. The van der Waals surface area contributed by atoms with Crippen LogP contribution in [0.25, 0.3) is 0 Å². The van der Waals surface area contributed by atoms with E-state index in [9.17, 15) is 4.79 Å². The first-order valence-electron chi connectivity index (χ1n) is 9.15. The van der Waals surface area contributed by atoms with Crippen molar-refractivity contribution in [3.05, 3.63) is 28.8 Å². The van der Waals surface area contributed by atoms with E-state index in [1.54, 1.807) is 0 Å². The van der Waals surface area contributed by atoms with E-state index in [0.717, 1.165) is 37.7 Å². The van der Waals surface area contributed by atoms with Crippen molar-refractivity contribution in [2.75, 3.05) is 6.61 Å². The summed E-state index contributed by atoms with van der Waals surface area (Å²) >= 11 is 0. The van der Waals surface area contributed by atoms with Gasteiger partial charge in [-0.15, -0.1) is 0 Å². The van der Waals surface area contributed by atoms with E-state index in [4.69, 9.17) is 9.47 Å². The molecule has 0 heterocycles. The molecule has 0 spiro atoms. The van der Waals surface area contributed by atoms with E-state index in [1.165, 1.54) is 30.4 Å². The SMILES string of the molecule is CCCCCCCOC(=O)Oc1ccc(CC)c(CC)c1CC. The molecule has 130 valence electrons. The van der Waals surface area contributed by atoms with E-state index in [1.807, 2.05) is 6.07 Å². The van der Waals surface area contributed by atoms with Crippen molar-refractivity contribution in [1.82, 2.24) is 0 Å². The van der Waals surface area contributed by atoms with Crippen LogP contribution in [0.2, 0.25) is 0 Å². The van der Waals surface area contributed by atoms with Crippen LogP contribution in [-0.4, -0.2) is 12.8 Å². The average molecular weight is 320 g/mol. The zero-order valence-corrected chi connectivity index (χ0v) is 15.2. The summed E-state index contributed by atoms with van der Waals surface area (Å²) in [6, 6.07) is 3.96. The summed E-state index contributed by atoms with van der Waals surface area (Å²) in [6.45, 7) is 9.03. The van der Waals surface area contributed by atoms with Gasteiger partial charge in [0, 0.05) is 0 Å². The van der Waals surface area contributed by atoms with Crippen LogP contribution in [0.5, 0.6) is 5.75 Å². The molecule has 0 N–H and O–H groups in total. The van der Waals surface area contributed by atoms with Crippen LogP contribution in [0.15, 0.2) is 12.1 Å². The van der Waals surface area contributed by atoms with Crippen LogP contribution in [0.1, 0.15) is 76.5 Å². The molecule has 0 unspecified atom stereocenters. The molecule has 1 aromatic rings. The molecule has 0 radical (unpaired) electrons. The molecule has 1 aromatic carbocycles. The third-order valence-electron chi connectivity index (χ3n) is 4.23. The summed E-state index contributed by atoms with van der Waals surface area (Å²) in [6.07, 6.45) is 7.90. The highest BCUT2D eigenvalue weighted by atomic mass is 16.7. The van der Waals surface area contributed by atoms with E-state index < -0.39 is 6.16 Å². The molecule has 0 aromatic heterocycles. The van der Waals surface area contributed by atoms with Gasteiger partial charge in [-0.1, -0.05) is 59.4 Å². The molecule has 3 nitrogen and oxygen atoms in total. The van der Waals surface area contributed by atoms with Gasteiger partial charge in [0.15, 0.2) is 0 Å². The number of ether oxygens (including phenoxy) is 2. The third-order valence-corrected chi connectivity index (χ3v) is 4.23. The maximum absolute atomic E-state index is 11.9. The van der Waals surface area contributed by atoms with Crippen molar-refractivity contribution < 1.29 is 14.3 Å². The smallest absolute Gasteiger partial charge is 0.434 e. The van der Waals surface area contributed by atoms with E-state index in [2.05, 4.69) is 33.8 Å². The van der Waals surface area contributed by atoms with Crippen molar-refractivity contribution in [2.45, 2.75) is 79.1 Å². The summed E-state index contributed by atoms with van der Waals surface area (Å²) in [5.41, 5.74) is 3.77. The molecule has 0 atom stereocenters. The maximum Gasteiger partial charge on any atom is 0.513 e. The van der Waals surface area contributed by atoms with Crippen LogP contribution in [0, 0.1) is 0 Å². The fourth-order valence-electron chi connectivity index (χ4n) is 2.96. The predicted molar refractivity (Wildman–Crippen MR) is 95.3 cm³/mol. The zero-order valence-electron chi connectivity index (χ0n) is 15.2. The molecule has 0 saturated carbocycles. The van der Waals surface area contributed by atoms with Gasteiger partial charge in [0.05, 0.1) is 6.61 Å². The second-order valence-corrected chi connectivity index (χ2v) is 5.86. The number of aryl methyl sites for hydroxylation is 1. The van der Waals surface area contributed by atoms with Crippen LogP contribution in [0.3, 0.4) is 0 Å². The Bertz CT molecular complexity index is 480. The molecule has 23 heavy (non-hydrogen) atoms. The van der Waals surface area contributed by atoms with E-state index in [0.29, 0.717) is 12.4 Å². The van der Waals surface area contributed by atoms with Gasteiger partial charge in [0.2, 0.25) is 0 Å². The second-order valence-electron chi connectivity index (χ2n) is 5.86. The Labute approximate surface area is 141 Å². The minimum Gasteiger partial charge on any atom is -0.434 e. The average Bonchev–Trinajstić information content (AvgIpc) is 2.57. The number of rotatable bonds is 10. The van der Waals surface area contributed by atoms with Gasteiger partial charge >= 0.3 is 6.16 Å². The van der Waals surface area contributed by atoms with Gasteiger partial charge in [-0.05, 0) is 48.4 Å². The lowest BCUT2D eigenvalue weighted by atomic mass is 9.95. The Morgan fingerprint density at radius 1 is 0.870 bits per heavy atom. The number of benzene rings is 1. The lowest BCUT2D eigenvalue weighted by Gasteiger charge is -2.16. The van der Waals surface area contributed by atoms with Crippen LogP contribution in [-0.2, 0) is 24.0 Å². The van der Waals surface area contributed by atoms with Crippen LogP contribution >= 0.6 is 0 Å². The van der Waals surface area contributed by atoms with Crippen molar-refractivity contribution in [2.24, 2.45) is 0 Å². The van der Waals surface area contributed by atoms with Gasteiger partial charge in [-0.2, -0.15) is 0 Å². The lowest BCUT2D eigenvalue weighted by molar-refractivity contribution is 0.0969. The number of carbonyl (C=O) groups is 1. The molecule has 0 amide bonds. The second kappa shape index (κ2) is 11.1. The molecule has 0 aliphatic heterocycles. The van der Waals surface area contributed by atoms with Crippen molar-refractivity contribution in [3.63, 3.8) is 0 Å². The topological polar surface area (TPSA) is 35.5 Å². The lowest BCUT2D eigenvalue weighted by Crippen LogP contribution is -2.13. The highest BCUT2D eigenvalue weighted by molar-refractivity contribution is 5.65. The van der Waals surface area contributed by atoms with Gasteiger partial charge in [-0.25, -0.2) is 4.79 Å². The highest BCUT2D eigenvalue weighted by Crippen LogP contribution is 2.27. The number of unbranched alkanes of at least 4 members (excludes halogenated alkanes) is 4. The fraction of sp³-hybridized carbons (Fsp3) is 0.650. The summed E-state index contributed by atoms with van der Waals surface area (Å²) in [4.78, 5) is 11.9. The first-order valence-corrected chi connectivity index (χ1v) is 9.15. The van der Waals surface area contributed by atoms with Gasteiger partial charge < -0.3 is 9.47 Å². The van der Waals surface area contributed by atoms with Gasteiger partial charge in [0.1, 0.15) is 5.75 Å². The van der Waals surface area contributed by atoms with Gasteiger partial charge in [-0.3, -0.25) is 0 Å². The molecule has 0 aliphatic carbocycles. The molecule has 0 aliphatic rings. The Morgan fingerprint density at radius 2 is 1.57 bits per heavy atom. The first kappa shape index (κ1) is 19.5. The Morgan fingerprint density at radius 3 is 2.17 bits per heavy atom. The minimum absolute atomic E-state index is 0.442. The highest BCUT2D eigenvalue weighted by Gasteiger charge is 2.14. The monoisotopic (exact) mass is 320 g/mol. The predicted octanol–water partition coefficient (Wildman–Crippen LogP) is 5.86. The van der Waals surface area contributed by atoms with E-state index in [-0.39, 0.29) is 0 Å². The zero-order chi connectivity index (χ0) is 17.1. The molecular weight excluding hydrogens is 288 g/mol.